The predicted octanol–water partition coefficient (Wildman–Crippen LogP) is 3.68. The summed E-state index contributed by atoms with van der Waals surface area (Å²) in [4.78, 5) is 40.7. The fraction of sp³-hybridized carbons (Fsp3) is 0.458. The number of carbonyl (C=O) groups is 1. The zero-order valence-electron chi connectivity index (χ0n) is 18.7. The first-order chi connectivity index (χ1) is 16.3. The third-order valence-corrected chi connectivity index (χ3v) is 7.37. The number of esters is 1. The number of methoxy groups -OCH3 is 1. The van der Waals surface area contributed by atoms with Crippen molar-refractivity contribution >= 4 is 23.8 Å². The van der Waals surface area contributed by atoms with Crippen LogP contribution in [-0.4, -0.2) is 33.1 Å². The van der Waals surface area contributed by atoms with E-state index in [0.29, 0.717) is 34.8 Å². The summed E-state index contributed by atoms with van der Waals surface area (Å²) in [5.41, 5.74) is -1.80. The monoisotopic (exact) mass is 467 g/mol. The van der Waals surface area contributed by atoms with E-state index in [-0.39, 0.29) is 17.2 Å². The van der Waals surface area contributed by atoms with Gasteiger partial charge < -0.3 is 19.6 Å². The number of aromatic hydroxyl groups is 1. The molecule has 4 fully saturated rings. The number of nitrogens with one attached hydrogen (secondary N) is 1. The second-order valence-corrected chi connectivity index (χ2v) is 9.71. The van der Waals surface area contributed by atoms with Gasteiger partial charge in [0.05, 0.1) is 17.4 Å². The van der Waals surface area contributed by atoms with Crippen molar-refractivity contribution in [1.29, 1.82) is 0 Å². The number of nitrogens with zero attached hydrogens (tertiary/aromatic N) is 2. The number of hydrogen-bond acceptors (Lipinski definition) is 8. The second-order valence-electron chi connectivity index (χ2n) is 9.71. The molecule has 0 saturated heterocycles. The van der Waals surface area contributed by atoms with Crippen molar-refractivity contribution in [2.24, 2.45) is 23.2 Å². The van der Waals surface area contributed by atoms with Gasteiger partial charge in [-0.05, 0) is 80.1 Å². The number of carbonyl (C=O) groups excluding carboxylic acids is 1. The first kappa shape index (κ1) is 22.1. The highest BCUT2D eigenvalue weighted by Crippen LogP contribution is 2.60. The molecule has 10 heteroatoms. The van der Waals surface area contributed by atoms with E-state index >= 15 is 0 Å². The van der Waals surface area contributed by atoms with Crippen LogP contribution >= 0.6 is 0 Å². The highest BCUT2D eigenvalue weighted by molar-refractivity contribution is 5.81. The smallest absolute Gasteiger partial charge is 0.395 e. The van der Waals surface area contributed by atoms with E-state index in [1.54, 1.807) is 24.3 Å². The summed E-state index contributed by atoms with van der Waals surface area (Å²) in [6.45, 7) is 0. The minimum atomic E-state index is -1.05. The van der Waals surface area contributed by atoms with Gasteiger partial charge in [0, 0.05) is 0 Å². The summed E-state index contributed by atoms with van der Waals surface area (Å²) in [6, 6.07) is 5.03. The molecule has 34 heavy (non-hydrogen) atoms. The van der Waals surface area contributed by atoms with Crippen LogP contribution in [0.15, 0.2) is 23.0 Å². The van der Waals surface area contributed by atoms with Crippen molar-refractivity contribution in [1.82, 2.24) is 9.97 Å². The standard InChI is InChI=1S/C24H25N3O7/c1-33-18-9-13(3-5-19-25-21(28)20(27(31)32)22(29)26-19)2-4-17(18)34-23(30)24-10-14-6-15(11-24)8-16(7-14)12-24/h2-5,9,14-16H,6-8,10-12H2,1H3,(H2,25,26,28,29)/b5-3+. The molecule has 2 aromatic rings. The van der Waals surface area contributed by atoms with E-state index in [2.05, 4.69) is 9.97 Å². The predicted molar refractivity (Wildman–Crippen MR) is 121 cm³/mol. The average molecular weight is 467 g/mol. The van der Waals surface area contributed by atoms with Gasteiger partial charge in [0.15, 0.2) is 11.5 Å². The molecule has 4 bridgehead atoms. The van der Waals surface area contributed by atoms with Crippen LogP contribution in [0.3, 0.4) is 0 Å². The molecule has 0 spiro atoms. The van der Waals surface area contributed by atoms with Gasteiger partial charge >= 0.3 is 17.2 Å². The molecule has 0 amide bonds. The van der Waals surface area contributed by atoms with E-state index in [9.17, 15) is 24.8 Å². The Labute approximate surface area is 194 Å². The lowest BCUT2D eigenvalue weighted by molar-refractivity contribution is -0.387. The summed E-state index contributed by atoms with van der Waals surface area (Å²) in [7, 11) is 1.48. The zero-order valence-corrected chi connectivity index (χ0v) is 18.7. The molecule has 2 N–H and O–H groups in total. The van der Waals surface area contributed by atoms with Crippen molar-refractivity contribution in [3.8, 4) is 17.4 Å². The van der Waals surface area contributed by atoms with Gasteiger partial charge in [-0.2, -0.15) is 4.98 Å². The minimum absolute atomic E-state index is 0.0515. The topological polar surface area (TPSA) is 145 Å². The molecule has 0 unspecified atom stereocenters. The summed E-state index contributed by atoms with van der Waals surface area (Å²) in [5.74, 6) is 1.44. The molecule has 1 aromatic carbocycles. The number of nitro groups is 1. The van der Waals surface area contributed by atoms with E-state index < -0.39 is 22.0 Å². The lowest BCUT2D eigenvalue weighted by Crippen LogP contribution is -2.51. The zero-order chi connectivity index (χ0) is 24.0. The van der Waals surface area contributed by atoms with Crippen LogP contribution in [-0.2, 0) is 4.79 Å². The number of rotatable bonds is 6. The Hall–Kier alpha value is -3.69. The van der Waals surface area contributed by atoms with Crippen molar-refractivity contribution in [3.63, 3.8) is 0 Å². The Balaban J connectivity index is 1.33. The highest BCUT2D eigenvalue weighted by atomic mass is 16.6. The fourth-order valence-corrected chi connectivity index (χ4v) is 6.33. The summed E-state index contributed by atoms with van der Waals surface area (Å²) >= 11 is 0. The molecule has 4 aliphatic rings. The molecule has 4 aliphatic carbocycles. The number of aromatic nitrogens is 2. The molecule has 178 valence electrons. The van der Waals surface area contributed by atoms with Crippen LogP contribution in [0.1, 0.15) is 49.9 Å². The third kappa shape index (κ3) is 3.93. The molecule has 10 nitrogen and oxygen atoms in total. The van der Waals surface area contributed by atoms with E-state index in [0.717, 1.165) is 19.3 Å². The second kappa shape index (κ2) is 8.27. The SMILES string of the molecule is COc1cc(/C=C/c2nc(O)c([N+](=O)[O-])c(=O)[nH]2)ccc1OC(=O)C12CC3CC(CC(C3)C1)C2. The molecule has 1 heterocycles. The van der Waals surface area contributed by atoms with Crippen molar-refractivity contribution in [2.45, 2.75) is 38.5 Å². The van der Waals surface area contributed by atoms with Crippen LogP contribution in [0.2, 0.25) is 0 Å². The van der Waals surface area contributed by atoms with Crippen LogP contribution in [0.5, 0.6) is 17.4 Å². The van der Waals surface area contributed by atoms with E-state index in [1.165, 1.54) is 32.4 Å². The maximum Gasteiger partial charge on any atom is 0.395 e. The lowest BCUT2D eigenvalue weighted by Gasteiger charge is -2.55. The van der Waals surface area contributed by atoms with Crippen molar-refractivity contribution in [2.75, 3.05) is 7.11 Å². The van der Waals surface area contributed by atoms with Gasteiger partial charge in [0.2, 0.25) is 0 Å². The average Bonchev–Trinajstić information content (AvgIpc) is 2.76. The van der Waals surface area contributed by atoms with Crippen LogP contribution in [0.25, 0.3) is 12.2 Å². The van der Waals surface area contributed by atoms with Gasteiger partial charge in [-0.3, -0.25) is 19.7 Å². The molecule has 1 aromatic heterocycles. The number of aromatic amines is 1. The Morgan fingerprint density at radius 2 is 1.82 bits per heavy atom. The summed E-state index contributed by atoms with van der Waals surface area (Å²) in [6.07, 6.45) is 9.42. The van der Waals surface area contributed by atoms with E-state index in [1.807, 2.05) is 0 Å². The van der Waals surface area contributed by atoms with Crippen molar-refractivity contribution < 1.29 is 24.3 Å². The molecule has 0 radical (unpaired) electrons. The minimum Gasteiger partial charge on any atom is -0.493 e. The van der Waals surface area contributed by atoms with Gasteiger partial charge in [0.1, 0.15) is 5.82 Å². The lowest BCUT2D eigenvalue weighted by atomic mass is 9.49. The van der Waals surface area contributed by atoms with E-state index in [4.69, 9.17) is 9.47 Å². The Bertz CT molecular complexity index is 1210. The van der Waals surface area contributed by atoms with Gasteiger partial charge in [-0.15, -0.1) is 0 Å². The Morgan fingerprint density at radius 1 is 1.18 bits per heavy atom. The largest absolute Gasteiger partial charge is 0.493 e. The summed E-state index contributed by atoms with van der Waals surface area (Å²) in [5, 5.41) is 20.5. The molecule has 0 aliphatic heterocycles. The van der Waals surface area contributed by atoms with Gasteiger partial charge in [-0.1, -0.05) is 12.1 Å². The molecular weight excluding hydrogens is 442 g/mol. The first-order valence-corrected chi connectivity index (χ1v) is 11.3. The maximum absolute atomic E-state index is 13.3. The normalized spacial score (nSPS) is 27.1. The number of ether oxygens (including phenoxy) is 2. The van der Waals surface area contributed by atoms with Crippen LogP contribution in [0.4, 0.5) is 5.69 Å². The molecular formula is C24H25N3O7. The van der Waals surface area contributed by atoms with Gasteiger partial charge in [0.25, 0.3) is 5.88 Å². The summed E-state index contributed by atoms with van der Waals surface area (Å²) < 4.78 is 11.3. The fourth-order valence-electron chi connectivity index (χ4n) is 6.33. The third-order valence-electron chi connectivity index (χ3n) is 7.37. The maximum atomic E-state index is 13.3. The quantitative estimate of drug-likeness (QED) is 0.283. The molecule has 4 saturated carbocycles. The van der Waals surface area contributed by atoms with Crippen molar-refractivity contribution in [3.05, 3.63) is 50.1 Å². The highest BCUT2D eigenvalue weighted by Gasteiger charge is 2.55. The van der Waals surface area contributed by atoms with Crippen LogP contribution in [0, 0.1) is 33.3 Å². The number of H-pyrrole nitrogens is 1. The molecule has 6 rings (SSSR count). The Morgan fingerprint density at radius 3 is 2.38 bits per heavy atom. The molecule has 0 atom stereocenters. The van der Waals surface area contributed by atoms with Gasteiger partial charge in [-0.25, -0.2) is 0 Å². The van der Waals surface area contributed by atoms with Crippen LogP contribution < -0.4 is 15.0 Å². The number of hydrogen-bond donors (Lipinski definition) is 2. The number of benzene rings is 1. The first-order valence-electron chi connectivity index (χ1n) is 11.3. The Kier molecular flexibility index (Phi) is 5.38.